The molecule has 7 heteroatoms. The van der Waals surface area contributed by atoms with Gasteiger partial charge in [0, 0.05) is 11.4 Å². The molecule has 1 aliphatic heterocycles. The lowest BCUT2D eigenvalue weighted by Crippen LogP contribution is -2.31. The standard InChI is InChI=1S/C14H15FN2O2S2/c15-10-4-1-7-13(14(10)16)21(18,19)17-8-2-5-11(17)12-6-3-9-20-12/h1,3-4,6-7,9,11H,2,5,8,16H2. The molecule has 1 atom stereocenters. The van der Waals surface area contributed by atoms with Gasteiger partial charge in [0.15, 0.2) is 0 Å². The van der Waals surface area contributed by atoms with E-state index in [1.165, 1.54) is 27.8 Å². The predicted molar refractivity (Wildman–Crippen MR) is 81.0 cm³/mol. The fourth-order valence-electron chi connectivity index (χ4n) is 2.66. The molecule has 3 rings (SSSR count). The second-order valence-electron chi connectivity index (χ2n) is 4.94. The summed E-state index contributed by atoms with van der Waals surface area (Å²) in [7, 11) is -3.79. The van der Waals surface area contributed by atoms with E-state index >= 15 is 0 Å². The van der Waals surface area contributed by atoms with Crippen molar-refractivity contribution in [3.8, 4) is 0 Å². The van der Waals surface area contributed by atoms with Crippen molar-refractivity contribution in [1.29, 1.82) is 0 Å². The van der Waals surface area contributed by atoms with Gasteiger partial charge in [-0.2, -0.15) is 4.31 Å². The van der Waals surface area contributed by atoms with Gasteiger partial charge in [0.25, 0.3) is 0 Å². The molecule has 2 heterocycles. The number of hydrogen-bond donors (Lipinski definition) is 1. The molecule has 4 nitrogen and oxygen atoms in total. The summed E-state index contributed by atoms with van der Waals surface area (Å²) < 4.78 is 40.6. The SMILES string of the molecule is Nc1c(F)cccc1S(=O)(=O)N1CCCC1c1cccs1. The number of nitrogens with two attached hydrogens (primary N) is 1. The van der Waals surface area contributed by atoms with E-state index in [2.05, 4.69) is 0 Å². The number of anilines is 1. The highest BCUT2D eigenvalue weighted by Gasteiger charge is 2.37. The first-order chi connectivity index (χ1) is 10.0. The molecular weight excluding hydrogens is 311 g/mol. The molecule has 1 fully saturated rings. The third-order valence-electron chi connectivity index (χ3n) is 3.67. The Morgan fingerprint density at radius 3 is 2.81 bits per heavy atom. The Morgan fingerprint density at radius 2 is 2.10 bits per heavy atom. The Hall–Kier alpha value is -1.44. The van der Waals surface area contributed by atoms with Crippen LogP contribution in [-0.2, 0) is 10.0 Å². The minimum atomic E-state index is -3.79. The summed E-state index contributed by atoms with van der Waals surface area (Å²) in [6, 6.07) is 7.54. The van der Waals surface area contributed by atoms with Crippen LogP contribution in [0.3, 0.4) is 0 Å². The molecule has 1 saturated heterocycles. The van der Waals surface area contributed by atoms with E-state index in [1.54, 1.807) is 0 Å². The van der Waals surface area contributed by atoms with Gasteiger partial charge in [-0.3, -0.25) is 0 Å². The zero-order valence-corrected chi connectivity index (χ0v) is 12.8. The monoisotopic (exact) mass is 326 g/mol. The number of halogens is 1. The molecule has 1 aromatic carbocycles. The lowest BCUT2D eigenvalue weighted by molar-refractivity contribution is 0.401. The van der Waals surface area contributed by atoms with E-state index < -0.39 is 15.8 Å². The molecule has 1 aromatic heterocycles. The van der Waals surface area contributed by atoms with Crippen molar-refractivity contribution in [2.45, 2.75) is 23.8 Å². The minimum Gasteiger partial charge on any atom is -0.395 e. The van der Waals surface area contributed by atoms with Crippen LogP contribution in [0, 0.1) is 5.82 Å². The third-order valence-corrected chi connectivity index (χ3v) is 6.61. The molecule has 0 amide bonds. The molecule has 1 aliphatic rings. The van der Waals surface area contributed by atoms with Crippen LogP contribution in [0.25, 0.3) is 0 Å². The molecule has 2 N–H and O–H groups in total. The number of hydrogen-bond acceptors (Lipinski definition) is 4. The molecule has 1 unspecified atom stereocenters. The van der Waals surface area contributed by atoms with E-state index in [1.807, 2.05) is 17.5 Å². The zero-order valence-electron chi connectivity index (χ0n) is 11.2. The number of benzene rings is 1. The van der Waals surface area contributed by atoms with Crippen molar-refractivity contribution in [3.05, 3.63) is 46.4 Å². The molecular formula is C14H15FN2O2S2. The summed E-state index contributed by atoms with van der Waals surface area (Å²) in [5, 5.41) is 1.93. The van der Waals surface area contributed by atoms with Crippen LogP contribution in [0.1, 0.15) is 23.8 Å². The summed E-state index contributed by atoms with van der Waals surface area (Å²) in [5.74, 6) is -0.706. The first-order valence-electron chi connectivity index (χ1n) is 6.61. The topological polar surface area (TPSA) is 63.4 Å². The first-order valence-corrected chi connectivity index (χ1v) is 8.93. The van der Waals surface area contributed by atoms with Gasteiger partial charge in [0.2, 0.25) is 10.0 Å². The maximum absolute atomic E-state index is 13.6. The van der Waals surface area contributed by atoms with Gasteiger partial charge < -0.3 is 5.73 Å². The zero-order chi connectivity index (χ0) is 15.0. The molecule has 0 aliphatic carbocycles. The van der Waals surface area contributed by atoms with Gasteiger partial charge in [0.1, 0.15) is 10.7 Å². The summed E-state index contributed by atoms with van der Waals surface area (Å²) in [6.07, 6.45) is 1.56. The van der Waals surface area contributed by atoms with Crippen LogP contribution < -0.4 is 5.73 Å². The predicted octanol–water partition coefficient (Wildman–Crippen LogP) is 3.00. The van der Waals surface area contributed by atoms with E-state index in [0.717, 1.165) is 23.8 Å². The summed E-state index contributed by atoms with van der Waals surface area (Å²) in [6.45, 7) is 0.431. The highest BCUT2D eigenvalue weighted by atomic mass is 32.2. The Morgan fingerprint density at radius 1 is 1.29 bits per heavy atom. The Bertz CT molecular complexity index is 744. The molecule has 112 valence electrons. The second kappa shape index (κ2) is 5.40. The summed E-state index contributed by atoms with van der Waals surface area (Å²) >= 11 is 1.53. The highest BCUT2D eigenvalue weighted by Crippen LogP contribution is 2.39. The average molecular weight is 326 g/mol. The van der Waals surface area contributed by atoms with Crippen molar-refractivity contribution in [2.24, 2.45) is 0 Å². The molecule has 21 heavy (non-hydrogen) atoms. The number of thiophene rings is 1. The molecule has 0 saturated carbocycles. The second-order valence-corrected chi connectivity index (χ2v) is 7.78. The van der Waals surface area contributed by atoms with Crippen molar-refractivity contribution in [3.63, 3.8) is 0 Å². The van der Waals surface area contributed by atoms with Crippen molar-refractivity contribution < 1.29 is 12.8 Å². The van der Waals surface area contributed by atoms with Crippen molar-refractivity contribution in [1.82, 2.24) is 4.31 Å². The van der Waals surface area contributed by atoms with Gasteiger partial charge >= 0.3 is 0 Å². The van der Waals surface area contributed by atoms with Crippen LogP contribution in [0.5, 0.6) is 0 Å². The molecule has 0 radical (unpaired) electrons. The normalized spacial score (nSPS) is 20.0. The lowest BCUT2D eigenvalue weighted by Gasteiger charge is -2.24. The summed E-state index contributed by atoms with van der Waals surface area (Å²) in [5.41, 5.74) is 5.31. The van der Waals surface area contributed by atoms with Crippen LogP contribution in [0.4, 0.5) is 10.1 Å². The van der Waals surface area contributed by atoms with E-state index in [-0.39, 0.29) is 16.6 Å². The number of nitrogens with zero attached hydrogens (tertiary/aromatic N) is 1. The van der Waals surface area contributed by atoms with Gasteiger partial charge in [-0.1, -0.05) is 12.1 Å². The maximum atomic E-state index is 13.6. The van der Waals surface area contributed by atoms with Crippen LogP contribution >= 0.6 is 11.3 Å². The minimum absolute atomic E-state index is 0.147. The van der Waals surface area contributed by atoms with Gasteiger partial charge in [-0.05, 0) is 36.4 Å². The maximum Gasteiger partial charge on any atom is 0.245 e. The van der Waals surface area contributed by atoms with Crippen LogP contribution in [0.2, 0.25) is 0 Å². The molecule has 0 bridgehead atoms. The number of sulfonamides is 1. The number of para-hydroxylation sites is 1. The quantitative estimate of drug-likeness (QED) is 0.882. The van der Waals surface area contributed by atoms with E-state index in [4.69, 9.17) is 5.73 Å². The smallest absolute Gasteiger partial charge is 0.245 e. The average Bonchev–Trinajstić information content (AvgIpc) is 3.11. The van der Waals surface area contributed by atoms with Gasteiger partial charge in [-0.15, -0.1) is 11.3 Å². The fourth-order valence-corrected chi connectivity index (χ4v) is 5.40. The molecule has 2 aromatic rings. The Kier molecular flexibility index (Phi) is 3.73. The lowest BCUT2D eigenvalue weighted by atomic mass is 10.2. The van der Waals surface area contributed by atoms with Crippen LogP contribution in [-0.4, -0.2) is 19.3 Å². The van der Waals surface area contributed by atoms with Gasteiger partial charge in [-0.25, -0.2) is 12.8 Å². The van der Waals surface area contributed by atoms with Crippen molar-refractivity contribution in [2.75, 3.05) is 12.3 Å². The third kappa shape index (κ3) is 2.45. The number of nitrogen functional groups attached to an aromatic ring is 1. The Labute approximate surface area is 127 Å². The highest BCUT2D eigenvalue weighted by molar-refractivity contribution is 7.89. The van der Waals surface area contributed by atoms with Crippen molar-refractivity contribution >= 4 is 27.0 Å². The van der Waals surface area contributed by atoms with E-state index in [0.29, 0.717) is 6.54 Å². The van der Waals surface area contributed by atoms with Gasteiger partial charge in [0.05, 0.1) is 11.7 Å². The fraction of sp³-hybridized carbons (Fsp3) is 0.286. The largest absolute Gasteiger partial charge is 0.395 e. The first kappa shape index (κ1) is 14.5. The Balaban J connectivity index is 2.03. The number of rotatable bonds is 3. The summed E-state index contributed by atoms with van der Waals surface area (Å²) in [4.78, 5) is 0.858. The molecule has 0 spiro atoms. The van der Waals surface area contributed by atoms with Crippen LogP contribution in [0.15, 0.2) is 40.6 Å². The van der Waals surface area contributed by atoms with E-state index in [9.17, 15) is 12.8 Å².